The van der Waals surface area contributed by atoms with Gasteiger partial charge in [-0.2, -0.15) is 0 Å². The molecular formula is C13H20N2O2. The molecule has 0 aliphatic rings. The van der Waals surface area contributed by atoms with Gasteiger partial charge in [-0.05, 0) is 45.5 Å². The van der Waals surface area contributed by atoms with E-state index in [1.807, 2.05) is 38.1 Å². The lowest BCUT2D eigenvalue weighted by atomic mass is 9.91. The Hall–Kier alpha value is -1.55. The fraction of sp³-hybridized carbons (Fsp3) is 0.462. The maximum absolute atomic E-state index is 11.4. The number of ether oxygens (including phenoxy) is 1. The quantitative estimate of drug-likeness (QED) is 0.812. The number of carbonyl (C=O) groups excluding carboxylic acids is 1. The molecule has 0 aliphatic carbocycles. The molecule has 0 fully saturated rings. The summed E-state index contributed by atoms with van der Waals surface area (Å²) in [5, 5.41) is 2.94. The number of carbonyl (C=O) groups is 1. The number of likely N-dealkylation sites (N-methyl/N-ethyl adjacent to an activating group) is 1. The van der Waals surface area contributed by atoms with Crippen molar-refractivity contribution in [2.24, 2.45) is 5.73 Å². The molecule has 1 atom stereocenters. The Morgan fingerprint density at radius 1 is 1.35 bits per heavy atom. The van der Waals surface area contributed by atoms with E-state index in [0.29, 0.717) is 0 Å². The minimum atomic E-state index is -0.851. The summed E-state index contributed by atoms with van der Waals surface area (Å²) in [7, 11) is 1.71. The smallest absolute Gasteiger partial charge is 0.242 e. The third-order valence-corrected chi connectivity index (χ3v) is 2.80. The molecule has 0 radical (unpaired) electrons. The van der Waals surface area contributed by atoms with Gasteiger partial charge in [-0.1, -0.05) is 12.1 Å². The SMILES string of the molecule is CNC(C)(C(N)=O)c1ccc(OC(C)C)cc1. The normalized spacial score (nSPS) is 14.4. The van der Waals surface area contributed by atoms with Gasteiger partial charge >= 0.3 is 0 Å². The Bertz CT molecular complexity index is 387. The average Bonchev–Trinajstić information content (AvgIpc) is 2.28. The summed E-state index contributed by atoms with van der Waals surface area (Å²) in [6, 6.07) is 7.37. The van der Waals surface area contributed by atoms with E-state index >= 15 is 0 Å². The highest BCUT2D eigenvalue weighted by molar-refractivity contribution is 5.85. The molecule has 1 unspecified atom stereocenters. The standard InChI is InChI=1S/C13H20N2O2/c1-9(2)17-11-7-5-10(6-8-11)13(3,15-4)12(14)16/h5-9,15H,1-4H3,(H2,14,16). The molecule has 94 valence electrons. The van der Waals surface area contributed by atoms with E-state index < -0.39 is 11.4 Å². The van der Waals surface area contributed by atoms with Crippen LogP contribution in [0.2, 0.25) is 0 Å². The first-order chi connectivity index (χ1) is 7.90. The van der Waals surface area contributed by atoms with Crippen LogP contribution in [0, 0.1) is 0 Å². The molecule has 0 heterocycles. The van der Waals surface area contributed by atoms with Crippen LogP contribution < -0.4 is 15.8 Å². The first-order valence-electron chi connectivity index (χ1n) is 5.66. The third-order valence-electron chi connectivity index (χ3n) is 2.80. The summed E-state index contributed by atoms with van der Waals surface area (Å²) in [4.78, 5) is 11.4. The van der Waals surface area contributed by atoms with Crippen molar-refractivity contribution in [1.29, 1.82) is 0 Å². The maximum Gasteiger partial charge on any atom is 0.242 e. The minimum absolute atomic E-state index is 0.132. The van der Waals surface area contributed by atoms with E-state index in [0.717, 1.165) is 11.3 Å². The summed E-state index contributed by atoms with van der Waals surface area (Å²) in [5.41, 5.74) is 5.37. The van der Waals surface area contributed by atoms with Gasteiger partial charge < -0.3 is 15.8 Å². The molecule has 4 nitrogen and oxygen atoms in total. The second-order valence-corrected chi connectivity index (χ2v) is 4.43. The molecule has 0 bridgehead atoms. The van der Waals surface area contributed by atoms with Crippen LogP contribution >= 0.6 is 0 Å². The topological polar surface area (TPSA) is 64.3 Å². The second-order valence-electron chi connectivity index (χ2n) is 4.43. The van der Waals surface area contributed by atoms with Gasteiger partial charge in [0.25, 0.3) is 0 Å². The van der Waals surface area contributed by atoms with Crippen LogP contribution in [-0.4, -0.2) is 19.1 Å². The zero-order valence-electron chi connectivity index (χ0n) is 10.8. The van der Waals surface area contributed by atoms with Gasteiger partial charge in [0.15, 0.2) is 0 Å². The number of amides is 1. The zero-order chi connectivity index (χ0) is 13.1. The molecule has 4 heteroatoms. The Kier molecular flexibility index (Phi) is 4.12. The number of nitrogens with one attached hydrogen (secondary N) is 1. The van der Waals surface area contributed by atoms with E-state index in [4.69, 9.17) is 10.5 Å². The highest BCUT2D eigenvalue weighted by Crippen LogP contribution is 2.23. The fourth-order valence-corrected chi connectivity index (χ4v) is 1.55. The highest BCUT2D eigenvalue weighted by Gasteiger charge is 2.30. The van der Waals surface area contributed by atoms with Gasteiger partial charge in [0.2, 0.25) is 5.91 Å². The number of nitrogens with two attached hydrogens (primary N) is 1. The fourth-order valence-electron chi connectivity index (χ4n) is 1.55. The van der Waals surface area contributed by atoms with Crippen LogP contribution in [0.15, 0.2) is 24.3 Å². The van der Waals surface area contributed by atoms with Crippen molar-refractivity contribution in [3.05, 3.63) is 29.8 Å². The molecule has 17 heavy (non-hydrogen) atoms. The predicted octanol–water partition coefficient (Wildman–Crippen LogP) is 1.39. The van der Waals surface area contributed by atoms with Crippen LogP contribution in [-0.2, 0) is 10.3 Å². The molecule has 1 aromatic carbocycles. The van der Waals surface area contributed by atoms with Crippen molar-refractivity contribution in [3.8, 4) is 5.75 Å². The second kappa shape index (κ2) is 5.19. The van der Waals surface area contributed by atoms with Gasteiger partial charge in [0, 0.05) is 0 Å². The van der Waals surface area contributed by atoms with Crippen LogP contribution in [0.4, 0.5) is 0 Å². The number of rotatable bonds is 5. The van der Waals surface area contributed by atoms with Crippen LogP contribution in [0.5, 0.6) is 5.75 Å². The van der Waals surface area contributed by atoms with Gasteiger partial charge in [0.1, 0.15) is 11.3 Å². The Balaban J connectivity index is 2.97. The molecule has 0 aromatic heterocycles. The minimum Gasteiger partial charge on any atom is -0.491 e. The van der Waals surface area contributed by atoms with Gasteiger partial charge in [-0.15, -0.1) is 0 Å². The van der Waals surface area contributed by atoms with Crippen molar-refractivity contribution in [2.45, 2.75) is 32.4 Å². The van der Waals surface area contributed by atoms with Gasteiger partial charge in [0.05, 0.1) is 6.10 Å². The number of benzene rings is 1. The molecule has 0 saturated carbocycles. The summed E-state index contributed by atoms with van der Waals surface area (Å²) in [6.07, 6.45) is 0.132. The molecule has 0 aliphatic heterocycles. The van der Waals surface area contributed by atoms with E-state index in [-0.39, 0.29) is 6.10 Å². The summed E-state index contributed by atoms with van der Waals surface area (Å²) < 4.78 is 5.54. The van der Waals surface area contributed by atoms with Crippen LogP contribution in [0.25, 0.3) is 0 Å². The highest BCUT2D eigenvalue weighted by atomic mass is 16.5. The predicted molar refractivity (Wildman–Crippen MR) is 67.8 cm³/mol. The first-order valence-corrected chi connectivity index (χ1v) is 5.66. The van der Waals surface area contributed by atoms with Crippen molar-refractivity contribution in [3.63, 3.8) is 0 Å². The molecule has 3 N–H and O–H groups in total. The third kappa shape index (κ3) is 2.97. The first kappa shape index (κ1) is 13.5. The molecule has 0 spiro atoms. The number of primary amides is 1. The van der Waals surface area contributed by atoms with E-state index in [2.05, 4.69) is 5.32 Å². The molecule has 0 saturated heterocycles. The number of hydrogen-bond donors (Lipinski definition) is 2. The molecule has 1 rings (SSSR count). The Morgan fingerprint density at radius 2 is 1.88 bits per heavy atom. The average molecular weight is 236 g/mol. The zero-order valence-corrected chi connectivity index (χ0v) is 10.8. The van der Waals surface area contributed by atoms with E-state index in [1.165, 1.54) is 0 Å². The van der Waals surface area contributed by atoms with Gasteiger partial charge in [-0.3, -0.25) is 4.79 Å². The molecule has 1 amide bonds. The lowest BCUT2D eigenvalue weighted by molar-refractivity contribution is -0.123. The van der Waals surface area contributed by atoms with Crippen molar-refractivity contribution in [2.75, 3.05) is 7.05 Å². The lowest BCUT2D eigenvalue weighted by Gasteiger charge is -2.26. The summed E-state index contributed by atoms with van der Waals surface area (Å²) in [5.74, 6) is 0.379. The number of hydrogen-bond acceptors (Lipinski definition) is 3. The largest absolute Gasteiger partial charge is 0.491 e. The molecular weight excluding hydrogens is 216 g/mol. The summed E-state index contributed by atoms with van der Waals surface area (Å²) >= 11 is 0. The van der Waals surface area contributed by atoms with Crippen molar-refractivity contribution >= 4 is 5.91 Å². The maximum atomic E-state index is 11.4. The monoisotopic (exact) mass is 236 g/mol. The van der Waals surface area contributed by atoms with Crippen LogP contribution in [0.3, 0.4) is 0 Å². The van der Waals surface area contributed by atoms with E-state index in [1.54, 1.807) is 14.0 Å². The Labute approximate surface area is 102 Å². The van der Waals surface area contributed by atoms with Gasteiger partial charge in [-0.25, -0.2) is 0 Å². The van der Waals surface area contributed by atoms with E-state index in [9.17, 15) is 4.79 Å². The van der Waals surface area contributed by atoms with Crippen molar-refractivity contribution < 1.29 is 9.53 Å². The summed E-state index contributed by atoms with van der Waals surface area (Å²) in [6.45, 7) is 5.69. The van der Waals surface area contributed by atoms with Crippen molar-refractivity contribution in [1.82, 2.24) is 5.32 Å². The lowest BCUT2D eigenvalue weighted by Crippen LogP contribution is -2.48. The molecule has 1 aromatic rings. The van der Waals surface area contributed by atoms with Crippen LogP contribution in [0.1, 0.15) is 26.3 Å². The Morgan fingerprint density at radius 3 is 2.24 bits per heavy atom.